The molecule has 1 aromatic heterocycles. The van der Waals surface area contributed by atoms with Gasteiger partial charge in [0.1, 0.15) is 5.54 Å². The molecule has 0 bridgehead atoms. The Hall–Kier alpha value is -1.66. The van der Waals surface area contributed by atoms with Crippen molar-refractivity contribution < 1.29 is 19.4 Å². The van der Waals surface area contributed by atoms with E-state index in [0.29, 0.717) is 6.61 Å². The Kier molecular flexibility index (Phi) is 4.44. The largest absolute Gasteiger partial charge is 0.479 e. The molecule has 2 rings (SSSR count). The first kappa shape index (κ1) is 16.7. The summed E-state index contributed by atoms with van der Waals surface area (Å²) in [5, 5.41) is 12.5. The summed E-state index contributed by atoms with van der Waals surface area (Å²) in [6.07, 6.45) is 2.78. The van der Waals surface area contributed by atoms with Crippen molar-refractivity contribution in [2.45, 2.75) is 38.8 Å². The van der Waals surface area contributed by atoms with E-state index in [1.165, 1.54) is 18.5 Å². The third-order valence-corrected chi connectivity index (χ3v) is 4.77. The molecular weight excluding hydrogens is 308 g/mol. The molecule has 7 heteroatoms. The lowest BCUT2D eigenvalue weighted by Gasteiger charge is -2.58. The second-order valence-electron chi connectivity index (χ2n) is 5.89. The zero-order valence-corrected chi connectivity index (χ0v) is 13.5. The summed E-state index contributed by atoms with van der Waals surface area (Å²) in [4.78, 5) is 28.0. The van der Waals surface area contributed by atoms with Crippen LogP contribution in [0.25, 0.3) is 0 Å². The first-order valence-electron chi connectivity index (χ1n) is 7.03. The summed E-state index contributed by atoms with van der Waals surface area (Å²) >= 11 is 5.94. The van der Waals surface area contributed by atoms with Crippen LogP contribution in [0.5, 0.6) is 0 Å². The molecule has 1 aliphatic rings. The van der Waals surface area contributed by atoms with Crippen molar-refractivity contribution in [3.05, 3.63) is 29.0 Å². The van der Waals surface area contributed by atoms with Crippen molar-refractivity contribution in [2.75, 3.05) is 6.61 Å². The molecule has 0 saturated heterocycles. The van der Waals surface area contributed by atoms with Gasteiger partial charge in [-0.3, -0.25) is 9.78 Å². The van der Waals surface area contributed by atoms with Gasteiger partial charge in [0.05, 0.1) is 16.7 Å². The number of ether oxygens (including phenoxy) is 1. The van der Waals surface area contributed by atoms with E-state index in [9.17, 15) is 14.7 Å². The lowest BCUT2D eigenvalue weighted by Crippen LogP contribution is -2.76. The van der Waals surface area contributed by atoms with Crippen molar-refractivity contribution in [1.82, 2.24) is 10.3 Å². The summed E-state index contributed by atoms with van der Waals surface area (Å²) in [5.41, 5.74) is -1.91. The highest BCUT2D eigenvalue weighted by atomic mass is 35.5. The third-order valence-electron chi connectivity index (χ3n) is 4.47. The van der Waals surface area contributed by atoms with E-state index in [2.05, 4.69) is 10.3 Å². The summed E-state index contributed by atoms with van der Waals surface area (Å²) < 4.78 is 5.56. The Balaban J connectivity index is 2.27. The predicted molar refractivity (Wildman–Crippen MR) is 80.9 cm³/mol. The number of carbonyl (C=O) groups excluding carboxylic acids is 1. The van der Waals surface area contributed by atoms with E-state index in [1.807, 2.05) is 6.92 Å². The maximum atomic E-state index is 12.4. The first-order chi connectivity index (χ1) is 10.3. The Labute approximate surface area is 133 Å². The van der Waals surface area contributed by atoms with Crippen molar-refractivity contribution >= 4 is 23.5 Å². The number of amides is 1. The predicted octanol–water partition coefficient (Wildman–Crippen LogP) is 2.12. The molecule has 1 heterocycles. The number of hydrogen-bond acceptors (Lipinski definition) is 4. The number of carboxylic acids is 1. The van der Waals surface area contributed by atoms with Crippen LogP contribution < -0.4 is 5.32 Å². The molecule has 22 heavy (non-hydrogen) atoms. The van der Waals surface area contributed by atoms with Gasteiger partial charge in [0.2, 0.25) is 0 Å². The van der Waals surface area contributed by atoms with Crippen LogP contribution in [0.3, 0.4) is 0 Å². The van der Waals surface area contributed by atoms with Gasteiger partial charge in [-0.15, -0.1) is 0 Å². The Morgan fingerprint density at radius 1 is 1.55 bits per heavy atom. The minimum atomic E-state index is -1.38. The Bertz CT molecular complexity index is 605. The molecule has 1 aliphatic carbocycles. The summed E-state index contributed by atoms with van der Waals surface area (Å²) in [6.45, 7) is 5.90. The van der Waals surface area contributed by atoms with E-state index < -0.39 is 22.8 Å². The molecule has 1 amide bonds. The molecule has 1 aromatic rings. The van der Waals surface area contributed by atoms with Gasteiger partial charge in [0.15, 0.2) is 0 Å². The van der Waals surface area contributed by atoms with Gasteiger partial charge in [-0.1, -0.05) is 25.4 Å². The molecule has 0 aliphatic heterocycles. The normalized spacial score (nSPS) is 26.1. The number of aliphatic carboxylic acids is 1. The quantitative estimate of drug-likeness (QED) is 0.865. The zero-order valence-electron chi connectivity index (χ0n) is 12.7. The van der Waals surface area contributed by atoms with Gasteiger partial charge in [-0.2, -0.15) is 0 Å². The van der Waals surface area contributed by atoms with Crippen molar-refractivity contribution in [3.63, 3.8) is 0 Å². The fourth-order valence-electron chi connectivity index (χ4n) is 2.86. The summed E-state index contributed by atoms with van der Waals surface area (Å²) in [6, 6.07) is 1.46. The fourth-order valence-corrected chi connectivity index (χ4v) is 3.06. The lowest BCUT2D eigenvalue weighted by atomic mass is 9.54. The van der Waals surface area contributed by atoms with Gasteiger partial charge in [-0.25, -0.2) is 4.79 Å². The van der Waals surface area contributed by atoms with E-state index in [4.69, 9.17) is 16.3 Å². The monoisotopic (exact) mass is 326 g/mol. The molecular formula is C15H19ClN2O4. The van der Waals surface area contributed by atoms with Crippen molar-refractivity contribution in [3.8, 4) is 0 Å². The van der Waals surface area contributed by atoms with Crippen LogP contribution in [0.4, 0.5) is 0 Å². The standard InChI is InChI=1S/C15H19ClN2O4/c1-4-22-11-7-15(13(20)21,14(11,2)3)18-12(19)9-5-6-17-8-10(9)16/h5-6,8,11H,4,7H2,1-3H3,(H,18,19)(H,20,21)/t11-,15+/m1/s1. The second-order valence-corrected chi connectivity index (χ2v) is 6.30. The van der Waals surface area contributed by atoms with Crippen LogP contribution in [0.15, 0.2) is 18.5 Å². The van der Waals surface area contributed by atoms with Gasteiger partial charge >= 0.3 is 5.97 Å². The average molecular weight is 327 g/mol. The number of nitrogens with zero attached hydrogens (tertiary/aromatic N) is 1. The molecule has 0 radical (unpaired) electrons. The van der Waals surface area contributed by atoms with Gasteiger partial charge < -0.3 is 15.2 Å². The smallest absolute Gasteiger partial charge is 0.330 e. The van der Waals surface area contributed by atoms with E-state index >= 15 is 0 Å². The number of halogens is 1. The third kappa shape index (κ3) is 2.46. The molecule has 2 N–H and O–H groups in total. The molecule has 6 nitrogen and oxygen atoms in total. The Morgan fingerprint density at radius 3 is 2.73 bits per heavy atom. The molecule has 0 unspecified atom stereocenters. The topological polar surface area (TPSA) is 88.5 Å². The highest BCUT2D eigenvalue weighted by molar-refractivity contribution is 6.33. The molecule has 1 saturated carbocycles. The number of carboxylic acid groups (broad SMARTS) is 1. The van der Waals surface area contributed by atoms with Crippen molar-refractivity contribution in [2.24, 2.45) is 5.41 Å². The van der Waals surface area contributed by atoms with E-state index in [-0.39, 0.29) is 23.1 Å². The lowest BCUT2D eigenvalue weighted by molar-refractivity contribution is -0.190. The van der Waals surface area contributed by atoms with Crippen LogP contribution in [0, 0.1) is 5.41 Å². The highest BCUT2D eigenvalue weighted by Gasteiger charge is 2.66. The number of aromatic nitrogens is 1. The molecule has 0 aromatic carbocycles. The fraction of sp³-hybridized carbons (Fsp3) is 0.533. The number of pyridine rings is 1. The number of hydrogen-bond donors (Lipinski definition) is 2. The zero-order chi connectivity index (χ0) is 16.5. The average Bonchev–Trinajstić information content (AvgIpc) is 2.45. The van der Waals surface area contributed by atoms with Crippen molar-refractivity contribution in [1.29, 1.82) is 0 Å². The Morgan fingerprint density at radius 2 is 2.23 bits per heavy atom. The number of rotatable bonds is 5. The van der Waals surface area contributed by atoms with Crippen LogP contribution in [0.2, 0.25) is 5.02 Å². The maximum Gasteiger partial charge on any atom is 0.330 e. The molecule has 0 spiro atoms. The minimum absolute atomic E-state index is 0.180. The van der Waals surface area contributed by atoms with Gasteiger partial charge in [0, 0.05) is 30.8 Å². The first-order valence-corrected chi connectivity index (χ1v) is 7.41. The van der Waals surface area contributed by atoms with E-state index in [1.54, 1.807) is 13.8 Å². The van der Waals surface area contributed by atoms with Crippen LogP contribution in [-0.2, 0) is 9.53 Å². The highest BCUT2D eigenvalue weighted by Crippen LogP contribution is 2.51. The van der Waals surface area contributed by atoms with Crippen LogP contribution in [0.1, 0.15) is 37.6 Å². The minimum Gasteiger partial charge on any atom is -0.479 e. The number of carbonyl (C=O) groups is 2. The summed E-state index contributed by atoms with van der Waals surface area (Å²) in [7, 11) is 0. The number of nitrogens with one attached hydrogen (secondary N) is 1. The van der Waals surface area contributed by atoms with Crippen LogP contribution >= 0.6 is 11.6 Å². The van der Waals surface area contributed by atoms with Gasteiger partial charge in [0.25, 0.3) is 5.91 Å². The van der Waals surface area contributed by atoms with Gasteiger partial charge in [-0.05, 0) is 13.0 Å². The molecule has 2 atom stereocenters. The van der Waals surface area contributed by atoms with E-state index in [0.717, 1.165) is 0 Å². The molecule has 1 fully saturated rings. The molecule has 120 valence electrons. The SMILES string of the molecule is CCO[C@@H]1C[C@](NC(=O)c2ccncc2Cl)(C(=O)O)C1(C)C. The van der Waals surface area contributed by atoms with Crippen LogP contribution in [-0.4, -0.2) is 40.2 Å². The maximum absolute atomic E-state index is 12.4. The second kappa shape index (κ2) is 5.85. The summed E-state index contributed by atoms with van der Waals surface area (Å²) in [5.74, 6) is -1.61.